The zero-order chi connectivity index (χ0) is 12.2. The van der Waals surface area contributed by atoms with Crippen molar-refractivity contribution in [3.63, 3.8) is 0 Å². The fourth-order valence-corrected chi connectivity index (χ4v) is 1.62. The summed E-state index contributed by atoms with van der Waals surface area (Å²) in [5.74, 6) is 2.28. The average molecular weight is 242 g/mol. The summed E-state index contributed by atoms with van der Waals surface area (Å²) < 4.78 is 16.6. The number of rotatable bonds is 5. The molecule has 1 heterocycles. The molecule has 0 bridgehead atoms. The van der Waals surface area contributed by atoms with Crippen LogP contribution >= 0.6 is 0 Å². The van der Waals surface area contributed by atoms with Gasteiger partial charge in [0.25, 0.3) is 0 Å². The van der Waals surface area contributed by atoms with Crippen molar-refractivity contribution in [1.82, 2.24) is 0 Å². The Kier molecular flexibility index (Phi) is 3.15. The van der Waals surface area contributed by atoms with Crippen LogP contribution < -0.4 is 9.47 Å². The van der Waals surface area contributed by atoms with Gasteiger partial charge in [0.15, 0.2) is 11.5 Å². The minimum Gasteiger partial charge on any atom is -0.487 e. The van der Waals surface area contributed by atoms with Gasteiger partial charge < -0.3 is 14.2 Å². The molecule has 92 valence electrons. The maximum absolute atomic E-state index is 5.80. The second-order valence-electron chi connectivity index (χ2n) is 4.13. The van der Waals surface area contributed by atoms with Crippen LogP contribution in [-0.2, 0) is 4.74 Å². The van der Waals surface area contributed by atoms with E-state index >= 15 is 0 Å². The van der Waals surface area contributed by atoms with E-state index in [9.17, 15) is 0 Å². The predicted molar refractivity (Wildman–Crippen MR) is 68.2 cm³/mol. The van der Waals surface area contributed by atoms with Crippen molar-refractivity contribution in [1.29, 1.82) is 0 Å². The summed E-state index contributed by atoms with van der Waals surface area (Å²) in [5, 5.41) is 0. The number of benzene rings is 2. The van der Waals surface area contributed by atoms with Crippen molar-refractivity contribution in [3.8, 4) is 17.2 Å². The highest BCUT2D eigenvalue weighted by Gasteiger charge is 2.23. The first-order chi connectivity index (χ1) is 8.92. The van der Waals surface area contributed by atoms with Crippen molar-refractivity contribution in [2.24, 2.45) is 0 Å². The Morgan fingerprint density at radius 3 is 2.33 bits per heavy atom. The lowest BCUT2D eigenvalue weighted by Crippen LogP contribution is -2.04. The van der Waals surface area contributed by atoms with Gasteiger partial charge in [-0.1, -0.05) is 30.3 Å². The van der Waals surface area contributed by atoms with E-state index < -0.39 is 0 Å². The lowest BCUT2D eigenvalue weighted by Gasteiger charge is -2.11. The number of para-hydroxylation sites is 3. The van der Waals surface area contributed by atoms with Crippen LogP contribution in [0.5, 0.6) is 17.2 Å². The summed E-state index contributed by atoms with van der Waals surface area (Å²) >= 11 is 0. The molecule has 1 atom stereocenters. The van der Waals surface area contributed by atoms with E-state index in [1.807, 2.05) is 54.6 Å². The Hall–Kier alpha value is -2.00. The van der Waals surface area contributed by atoms with Gasteiger partial charge in [0.05, 0.1) is 6.61 Å². The monoisotopic (exact) mass is 242 g/mol. The zero-order valence-electron chi connectivity index (χ0n) is 9.91. The fraction of sp³-hybridized carbons (Fsp3) is 0.200. The van der Waals surface area contributed by atoms with E-state index in [4.69, 9.17) is 14.2 Å². The van der Waals surface area contributed by atoms with Crippen LogP contribution in [0.1, 0.15) is 0 Å². The predicted octanol–water partition coefficient (Wildman–Crippen LogP) is 3.26. The maximum atomic E-state index is 5.80. The molecule has 0 amide bonds. The van der Waals surface area contributed by atoms with Crippen molar-refractivity contribution in [3.05, 3.63) is 54.6 Å². The summed E-state index contributed by atoms with van der Waals surface area (Å²) in [4.78, 5) is 0. The highest BCUT2D eigenvalue weighted by Crippen LogP contribution is 2.31. The molecule has 0 radical (unpaired) electrons. The van der Waals surface area contributed by atoms with Gasteiger partial charge in [-0.25, -0.2) is 0 Å². The van der Waals surface area contributed by atoms with Crippen LogP contribution in [0, 0.1) is 0 Å². The molecule has 0 spiro atoms. The Balaban J connectivity index is 1.73. The van der Waals surface area contributed by atoms with Crippen molar-refractivity contribution >= 4 is 0 Å². The van der Waals surface area contributed by atoms with Gasteiger partial charge in [0, 0.05) is 0 Å². The summed E-state index contributed by atoms with van der Waals surface area (Å²) in [6.45, 7) is 1.37. The quantitative estimate of drug-likeness (QED) is 0.754. The molecule has 0 N–H and O–H groups in total. The highest BCUT2D eigenvalue weighted by atomic mass is 16.6. The first kappa shape index (κ1) is 11.1. The Bertz CT molecular complexity index is 506. The summed E-state index contributed by atoms with van der Waals surface area (Å²) in [5.41, 5.74) is 0. The molecular weight excluding hydrogens is 228 g/mol. The molecule has 1 aliphatic heterocycles. The van der Waals surface area contributed by atoms with E-state index in [0.717, 1.165) is 23.9 Å². The molecule has 1 unspecified atom stereocenters. The molecule has 2 aromatic carbocycles. The highest BCUT2D eigenvalue weighted by molar-refractivity contribution is 5.42. The smallest absolute Gasteiger partial charge is 0.169 e. The summed E-state index contributed by atoms with van der Waals surface area (Å²) in [6.07, 6.45) is 0.245. The van der Waals surface area contributed by atoms with Gasteiger partial charge in [-0.15, -0.1) is 0 Å². The molecule has 2 aromatic rings. The van der Waals surface area contributed by atoms with E-state index in [1.54, 1.807) is 0 Å². The fourth-order valence-electron chi connectivity index (χ4n) is 1.62. The third-order valence-corrected chi connectivity index (χ3v) is 2.65. The van der Waals surface area contributed by atoms with Crippen LogP contribution in [0.2, 0.25) is 0 Å². The SMILES string of the molecule is c1ccc(Oc2ccccc2OCC2CO2)cc1. The third-order valence-electron chi connectivity index (χ3n) is 2.65. The van der Waals surface area contributed by atoms with E-state index in [0.29, 0.717) is 6.61 Å². The topological polar surface area (TPSA) is 31.0 Å². The van der Waals surface area contributed by atoms with Crippen LogP contribution in [0.25, 0.3) is 0 Å². The molecule has 0 saturated carbocycles. The third kappa shape index (κ3) is 2.81. The summed E-state index contributed by atoms with van der Waals surface area (Å²) in [6, 6.07) is 17.3. The number of hydrogen-bond donors (Lipinski definition) is 0. The van der Waals surface area contributed by atoms with E-state index in [1.165, 1.54) is 0 Å². The largest absolute Gasteiger partial charge is 0.487 e. The van der Waals surface area contributed by atoms with E-state index in [2.05, 4.69) is 0 Å². The normalized spacial score (nSPS) is 17.2. The van der Waals surface area contributed by atoms with Gasteiger partial charge in [-0.2, -0.15) is 0 Å². The molecule has 3 nitrogen and oxygen atoms in total. The second kappa shape index (κ2) is 5.10. The molecular formula is C15H14O3. The van der Waals surface area contributed by atoms with E-state index in [-0.39, 0.29) is 6.10 Å². The molecule has 18 heavy (non-hydrogen) atoms. The standard InChI is InChI=1S/C15H14O3/c1-2-6-12(7-3-1)18-15-9-5-4-8-14(15)17-11-13-10-16-13/h1-9,13H,10-11H2. The molecule has 3 rings (SSSR count). The van der Waals surface area contributed by atoms with Crippen LogP contribution in [0.4, 0.5) is 0 Å². The lowest BCUT2D eigenvalue weighted by atomic mass is 10.3. The van der Waals surface area contributed by atoms with Crippen molar-refractivity contribution < 1.29 is 14.2 Å². The second-order valence-corrected chi connectivity index (χ2v) is 4.13. The lowest BCUT2D eigenvalue weighted by molar-refractivity contribution is 0.255. The van der Waals surface area contributed by atoms with Gasteiger partial charge in [-0.3, -0.25) is 0 Å². The average Bonchev–Trinajstić information content (AvgIpc) is 3.23. The molecule has 0 aliphatic carbocycles. The van der Waals surface area contributed by atoms with Gasteiger partial charge >= 0.3 is 0 Å². The Morgan fingerprint density at radius 2 is 1.61 bits per heavy atom. The Morgan fingerprint density at radius 1 is 0.944 bits per heavy atom. The maximum Gasteiger partial charge on any atom is 0.169 e. The first-order valence-electron chi connectivity index (χ1n) is 5.98. The van der Waals surface area contributed by atoms with Gasteiger partial charge in [-0.05, 0) is 24.3 Å². The number of ether oxygens (including phenoxy) is 3. The number of hydrogen-bond acceptors (Lipinski definition) is 3. The van der Waals surface area contributed by atoms with Crippen LogP contribution in [0.15, 0.2) is 54.6 Å². The van der Waals surface area contributed by atoms with Crippen molar-refractivity contribution in [2.45, 2.75) is 6.10 Å². The first-order valence-corrected chi connectivity index (χ1v) is 5.98. The minimum absolute atomic E-state index is 0.245. The molecule has 1 saturated heterocycles. The molecule has 3 heteroatoms. The minimum atomic E-state index is 0.245. The molecule has 1 aliphatic rings. The summed E-state index contributed by atoms with van der Waals surface area (Å²) in [7, 11) is 0. The van der Waals surface area contributed by atoms with Crippen LogP contribution in [-0.4, -0.2) is 19.3 Å². The van der Waals surface area contributed by atoms with Crippen molar-refractivity contribution in [2.75, 3.05) is 13.2 Å². The van der Waals surface area contributed by atoms with Crippen LogP contribution in [0.3, 0.4) is 0 Å². The van der Waals surface area contributed by atoms with Gasteiger partial charge in [0.1, 0.15) is 18.5 Å². The Labute approximate surface area is 106 Å². The molecule has 1 fully saturated rings. The zero-order valence-corrected chi connectivity index (χ0v) is 9.91. The number of epoxide rings is 1. The molecule has 0 aromatic heterocycles. The van der Waals surface area contributed by atoms with Gasteiger partial charge in [0.2, 0.25) is 0 Å².